The number of oxazole rings is 1. The largest absolute Gasteiger partial charge is 0.444 e. The third-order valence-electron chi connectivity index (χ3n) is 5.37. The first kappa shape index (κ1) is 24.8. The first-order chi connectivity index (χ1) is 15.7. The fraction of sp³-hybridized carbons (Fsp3) is 0.320. The lowest BCUT2D eigenvalue weighted by atomic mass is 10.1. The van der Waals surface area contributed by atoms with E-state index in [1.54, 1.807) is 6.26 Å². The monoisotopic (exact) mass is 559 g/mol. The summed E-state index contributed by atoms with van der Waals surface area (Å²) in [4.78, 5) is 23.6. The molecule has 0 radical (unpaired) electrons. The van der Waals surface area contributed by atoms with Crippen LogP contribution in [0.2, 0.25) is 0 Å². The van der Waals surface area contributed by atoms with Gasteiger partial charge in [0, 0.05) is 38.2 Å². The Bertz CT molecular complexity index is 1040. The quantitative estimate of drug-likeness (QED) is 0.186. The Morgan fingerprint density at radius 3 is 2.45 bits per heavy atom. The zero-order valence-corrected chi connectivity index (χ0v) is 21.1. The van der Waals surface area contributed by atoms with Gasteiger partial charge in [-0.05, 0) is 36.6 Å². The van der Waals surface area contributed by atoms with Crippen LogP contribution >= 0.6 is 24.0 Å². The molecule has 0 saturated heterocycles. The highest BCUT2D eigenvalue weighted by Gasteiger charge is 2.22. The van der Waals surface area contributed by atoms with Crippen LogP contribution < -0.4 is 10.6 Å². The highest BCUT2D eigenvalue weighted by atomic mass is 127. The van der Waals surface area contributed by atoms with Crippen LogP contribution in [-0.4, -0.2) is 34.8 Å². The minimum atomic E-state index is 0. The Hall–Kier alpha value is -2.88. The van der Waals surface area contributed by atoms with Crippen LogP contribution in [-0.2, 0) is 24.4 Å². The standard InChI is InChI=1S/C25H29N5O2.HI/c1-2-26-25(28-15-22-18-32-24(29-22)19-9-4-3-5-10-19)27-14-8-13-23(31)30-16-20-11-6-7-12-21(20)17-30;/h3-7,9-12,18H,2,8,13-17H2,1H3,(H2,26,27,28);1H. The maximum atomic E-state index is 12.5. The average molecular weight is 559 g/mol. The summed E-state index contributed by atoms with van der Waals surface area (Å²) in [5, 5.41) is 6.53. The predicted octanol–water partition coefficient (Wildman–Crippen LogP) is 4.34. The SMILES string of the molecule is CCNC(=NCc1coc(-c2ccccc2)n1)NCCCC(=O)N1Cc2ccccc2C1.I. The lowest BCUT2D eigenvalue weighted by Crippen LogP contribution is -2.38. The fourth-order valence-corrected chi connectivity index (χ4v) is 3.71. The van der Waals surface area contributed by atoms with E-state index in [0.29, 0.717) is 31.4 Å². The molecule has 4 rings (SSSR count). The number of aromatic nitrogens is 1. The van der Waals surface area contributed by atoms with Gasteiger partial charge in [0.2, 0.25) is 11.8 Å². The van der Waals surface area contributed by atoms with E-state index in [-0.39, 0.29) is 29.9 Å². The molecule has 0 saturated carbocycles. The van der Waals surface area contributed by atoms with Gasteiger partial charge in [0.1, 0.15) is 12.0 Å². The summed E-state index contributed by atoms with van der Waals surface area (Å²) in [6, 6.07) is 18.1. The highest BCUT2D eigenvalue weighted by Crippen LogP contribution is 2.23. The van der Waals surface area contributed by atoms with Gasteiger partial charge in [0.25, 0.3) is 0 Å². The number of carbonyl (C=O) groups is 1. The zero-order valence-electron chi connectivity index (χ0n) is 18.8. The molecule has 7 nitrogen and oxygen atoms in total. The van der Waals surface area contributed by atoms with E-state index in [1.807, 2.05) is 54.3 Å². The van der Waals surface area contributed by atoms with E-state index in [4.69, 9.17) is 4.42 Å². The summed E-state index contributed by atoms with van der Waals surface area (Å²) in [5.41, 5.74) is 4.22. The molecule has 1 aliphatic rings. The molecule has 0 aliphatic carbocycles. The molecule has 33 heavy (non-hydrogen) atoms. The highest BCUT2D eigenvalue weighted by molar-refractivity contribution is 14.0. The molecule has 174 valence electrons. The molecule has 2 heterocycles. The third kappa shape index (κ3) is 6.80. The Morgan fingerprint density at radius 2 is 1.76 bits per heavy atom. The maximum absolute atomic E-state index is 12.5. The molecular formula is C25H30IN5O2. The van der Waals surface area contributed by atoms with Gasteiger partial charge in [-0.3, -0.25) is 4.79 Å². The molecule has 0 spiro atoms. The van der Waals surface area contributed by atoms with Crippen molar-refractivity contribution < 1.29 is 9.21 Å². The number of carbonyl (C=O) groups excluding carboxylic acids is 1. The summed E-state index contributed by atoms with van der Waals surface area (Å²) in [7, 11) is 0. The first-order valence-corrected chi connectivity index (χ1v) is 11.1. The number of nitrogens with zero attached hydrogens (tertiary/aromatic N) is 3. The number of nitrogens with one attached hydrogen (secondary N) is 2. The summed E-state index contributed by atoms with van der Waals surface area (Å²) >= 11 is 0. The maximum Gasteiger partial charge on any atom is 0.226 e. The smallest absolute Gasteiger partial charge is 0.226 e. The lowest BCUT2D eigenvalue weighted by molar-refractivity contribution is -0.131. The van der Waals surface area contributed by atoms with E-state index in [2.05, 4.69) is 32.7 Å². The van der Waals surface area contributed by atoms with Gasteiger partial charge >= 0.3 is 0 Å². The second-order valence-corrected chi connectivity index (χ2v) is 7.75. The minimum absolute atomic E-state index is 0. The number of amides is 1. The molecule has 1 amide bonds. The first-order valence-electron chi connectivity index (χ1n) is 11.1. The number of hydrogen-bond donors (Lipinski definition) is 2. The van der Waals surface area contributed by atoms with Gasteiger partial charge in [-0.1, -0.05) is 42.5 Å². The van der Waals surface area contributed by atoms with Crippen LogP contribution in [0.25, 0.3) is 11.5 Å². The molecule has 1 aliphatic heterocycles. The average Bonchev–Trinajstić information content (AvgIpc) is 3.48. The second kappa shape index (κ2) is 12.4. The molecular weight excluding hydrogens is 529 g/mol. The molecule has 2 N–H and O–H groups in total. The molecule has 0 atom stereocenters. The van der Waals surface area contributed by atoms with Gasteiger partial charge in [0.15, 0.2) is 5.96 Å². The molecule has 0 fully saturated rings. The van der Waals surface area contributed by atoms with Crippen LogP contribution in [0, 0.1) is 0 Å². The van der Waals surface area contributed by atoms with E-state index >= 15 is 0 Å². The van der Waals surface area contributed by atoms with Crippen LogP contribution in [0.3, 0.4) is 0 Å². The van der Waals surface area contributed by atoms with Gasteiger partial charge in [0.05, 0.1) is 6.54 Å². The second-order valence-electron chi connectivity index (χ2n) is 7.75. The fourth-order valence-electron chi connectivity index (χ4n) is 3.71. The Balaban J connectivity index is 0.00000306. The number of benzene rings is 2. The van der Waals surface area contributed by atoms with Crippen LogP contribution in [0.5, 0.6) is 0 Å². The van der Waals surface area contributed by atoms with E-state index < -0.39 is 0 Å². The van der Waals surface area contributed by atoms with Crippen LogP contribution in [0.15, 0.2) is 70.3 Å². The summed E-state index contributed by atoms with van der Waals surface area (Å²) < 4.78 is 5.58. The van der Waals surface area contributed by atoms with Gasteiger partial charge in [-0.15, -0.1) is 24.0 Å². The van der Waals surface area contributed by atoms with Crippen molar-refractivity contribution >= 4 is 35.8 Å². The van der Waals surface area contributed by atoms with E-state index in [1.165, 1.54) is 11.1 Å². The molecule has 2 aromatic carbocycles. The third-order valence-corrected chi connectivity index (χ3v) is 5.37. The zero-order chi connectivity index (χ0) is 22.2. The van der Waals surface area contributed by atoms with Gasteiger partial charge < -0.3 is 20.0 Å². The predicted molar refractivity (Wildman–Crippen MR) is 140 cm³/mol. The van der Waals surface area contributed by atoms with E-state index in [0.717, 1.165) is 37.3 Å². The molecule has 0 unspecified atom stereocenters. The molecule has 0 bridgehead atoms. The van der Waals surface area contributed by atoms with Gasteiger partial charge in [-0.25, -0.2) is 9.98 Å². The van der Waals surface area contributed by atoms with Crippen molar-refractivity contribution in [1.29, 1.82) is 0 Å². The normalized spacial score (nSPS) is 12.8. The molecule has 1 aromatic heterocycles. The van der Waals surface area contributed by atoms with E-state index in [9.17, 15) is 4.79 Å². The van der Waals surface area contributed by atoms with Gasteiger partial charge in [-0.2, -0.15) is 0 Å². The van der Waals surface area contributed by atoms with Crippen molar-refractivity contribution in [2.24, 2.45) is 4.99 Å². The summed E-state index contributed by atoms with van der Waals surface area (Å²) in [6.45, 7) is 5.30. The summed E-state index contributed by atoms with van der Waals surface area (Å²) in [5.74, 6) is 1.50. The Kier molecular flexibility index (Phi) is 9.29. The number of fused-ring (bicyclic) bond motifs is 1. The Morgan fingerprint density at radius 1 is 1.06 bits per heavy atom. The number of hydrogen-bond acceptors (Lipinski definition) is 4. The minimum Gasteiger partial charge on any atom is -0.444 e. The molecule has 3 aromatic rings. The van der Waals surface area contributed by atoms with Crippen molar-refractivity contribution in [3.63, 3.8) is 0 Å². The van der Waals surface area contributed by atoms with Crippen LogP contribution in [0.4, 0.5) is 0 Å². The number of aliphatic imine (C=N–C) groups is 1. The van der Waals surface area contributed by atoms with Crippen molar-refractivity contribution in [3.8, 4) is 11.5 Å². The molecule has 8 heteroatoms. The topological polar surface area (TPSA) is 82.8 Å². The number of guanidine groups is 1. The number of rotatable bonds is 8. The van der Waals surface area contributed by atoms with Crippen molar-refractivity contribution in [2.75, 3.05) is 13.1 Å². The van der Waals surface area contributed by atoms with Crippen molar-refractivity contribution in [1.82, 2.24) is 20.5 Å². The number of halogens is 1. The van der Waals surface area contributed by atoms with Crippen LogP contribution in [0.1, 0.15) is 36.6 Å². The lowest BCUT2D eigenvalue weighted by Gasteiger charge is -2.16. The van der Waals surface area contributed by atoms with Crippen molar-refractivity contribution in [3.05, 3.63) is 77.7 Å². The summed E-state index contributed by atoms with van der Waals surface area (Å²) in [6.07, 6.45) is 2.91. The Labute approximate surface area is 211 Å². The van der Waals surface area contributed by atoms with Crippen molar-refractivity contribution in [2.45, 2.75) is 39.4 Å².